The molecule has 0 spiro atoms. The van der Waals surface area contributed by atoms with Gasteiger partial charge in [0.15, 0.2) is 0 Å². The van der Waals surface area contributed by atoms with Crippen molar-refractivity contribution in [2.75, 3.05) is 26.8 Å². The Balaban J connectivity index is 2.90. The first-order valence-corrected chi connectivity index (χ1v) is 6.56. The Kier molecular flexibility index (Phi) is 6.49. The molecule has 0 bridgehead atoms. The fourth-order valence-corrected chi connectivity index (χ4v) is 1.77. The number of carbonyl (C=O) groups excluding carboxylic acids is 2. The van der Waals surface area contributed by atoms with Gasteiger partial charge in [0.05, 0.1) is 25.5 Å². The van der Waals surface area contributed by atoms with Gasteiger partial charge in [0.2, 0.25) is 0 Å². The van der Waals surface area contributed by atoms with Gasteiger partial charge in [-0.3, -0.25) is 14.6 Å². The minimum atomic E-state index is -0.415. The van der Waals surface area contributed by atoms with Crippen molar-refractivity contribution in [2.45, 2.75) is 20.3 Å². The van der Waals surface area contributed by atoms with E-state index in [1.54, 1.807) is 13.0 Å². The average Bonchev–Trinajstić information content (AvgIpc) is 2.46. The van der Waals surface area contributed by atoms with Gasteiger partial charge in [-0.15, -0.1) is 0 Å². The first-order valence-electron chi connectivity index (χ1n) is 6.56. The number of methoxy groups -OCH3 is 1. The van der Waals surface area contributed by atoms with Gasteiger partial charge in [0, 0.05) is 12.7 Å². The van der Waals surface area contributed by atoms with Crippen LogP contribution in [0.15, 0.2) is 18.5 Å². The highest BCUT2D eigenvalue weighted by atomic mass is 16.5. The SMILES string of the molecule is CCCN(CC(=O)OCC)C(=O)c1ccncc1OC. The van der Waals surface area contributed by atoms with E-state index in [1.807, 2.05) is 6.92 Å². The Labute approximate surface area is 118 Å². The summed E-state index contributed by atoms with van der Waals surface area (Å²) in [6, 6.07) is 1.58. The number of amides is 1. The minimum Gasteiger partial charge on any atom is -0.494 e. The molecule has 0 saturated carbocycles. The van der Waals surface area contributed by atoms with Gasteiger partial charge in [-0.25, -0.2) is 0 Å². The zero-order valence-electron chi connectivity index (χ0n) is 12.1. The van der Waals surface area contributed by atoms with E-state index < -0.39 is 5.97 Å². The second kappa shape index (κ2) is 8.14. The van der Waals surface area contributed by atoms with Gasteiger partial charge in [0.1, 0.15) is 12.3 Å². The smallest absolute Gasteiger partial charge is 0.325 e. The molecule has 0 aromatic carbocycles. The summed E-state index contributed by atoms with van der Waals surface area (Å²) in [7, 11) is 1.48. The molecule has 6 nitrogen and oxygen atoms in total. The number of carbonyl (C=O) groups is 2. The largest absolute Gasteiger partial charge is 0.494 e. The summed E-state index contributed by atoms with van der Waals surface area (Å²) in [5.74, 6) is -0.288. The molecule has 1 heterocycles. The minimum absolute atomic E-state index is 0.0635. The number of rotatable bonds is 7. The molecule has 0 aliphatic heterocycles. The first-order chi connectivity index (χ1) is 9.63. The van der Waals surface area contributed by atoms with Gasteiger partial charge in [0.25, 0.3) is 5.91 Å². The van der Waals surface area contributed by atoms with Crippen molar-refractivity contribution in [3.63, 3.8) is 0 Å². The average molecular weight is 280 g/mol. The van der Waals surface area contributed by atoms with Gasteiger partial charge >= 0.3 is 5.97 Å². The zero-order valence-corrected chi connectivity index (χ0v) is 12.1. The monoisotopic (exact) mass is 280 g/mol. The molecule has 6 heteroatoms. The molecule has 1 rings (SSSR count). The summed E-state index contributed by atoms with van der Waals surface area (Å²) in [5.41, 5.74) is 0.389. The van der Waals surface area contributed by atoms with Crippen molar-refractivity contribution in [3.05, 3.63) is 24.0 Å². The van der Waals surface area contributed by atoms with Gasteiger partial charge in [-0.05, 0) is 19.4 Å². The van der Waals surface area contributed by atoms with E-state index in [-0.39, 0.29) is 12.5 Å². The van der Waals surface area contributed by atoms with Crippen LogP contribution in [0.5, 0.6) is 5.75 Å². The number of pyridine rings is 1. The molecule has 0 unspecified atom stereocenters. The van der Waals surface area contributed by atoms with E-state index in [1.165, 1.54) is 24.4 Å². The summed E-state index contributed by atoms with van der Waals surface area (Å²) in [4.78, 5) is 29.4. The Bertz CT molecular complexity index is 462. The predicted molar refractivity (Wildman–Crippen MR) is 73.6 cm³/mol. The second-order valence-electron chi connectivity index (χ2n) is 4.11. The lowest BCUT2D eigenvalue weighted by Crippen LogP contribution is -2.37. The molecule has 0 saturated heterocycles. The first kappa shape index (κ1) is 15.9. The lowest BCUT2D eigenvalue weighted by atomic mass is 10.2. The van der Waals surface area contributed by atoms with Crippen LogP contribution in [-0.4, -0.2) is 48.6 Å². The molecule has 1 amide bonds. The second-order valence-corrected chi connectivity index (χ2v) is 4.11. The Morgan fingerprint density at radius 3 is 2.70 bits per heavy atom. The standard InChI is InChI=1S/C14H20N2O4/c1-4-8-16(10-13(17)20-5-2)14(18)11-6-7-15-9-12(11)19-3/h6-7,9H,4-5,8,10H2,1-3H3. The third-order valence-corrected chi connectivity index (χ3v) is 2.64. The van der Waals surface area contributed by atoms with Crippen molar-refractivity contribution in [1.82, 2.24) is 9.88 Å². The summed E-state index contributed by atoms with van der Waals surface area (Å²) >= 11 is 0. The lowest BCUT2D eigenvalue weighted by molar-refractivity contribution is -0.143. The summed E-state index contributed by atoms with van der Waals surface area (Å²) in [6.07, 6.45) is 3.74. The quantitative estimate of drug-likeness (QED) is 0.708. The van der Waals surface area contributed by atoms with Gasteiger partial charge in [-0.1, -0.05) is 6.92 Å². The van der Waals surface area contributed by atoms with E-state index in [4.69, 9.17) is 9.47 Å². The molecule has 0 aliphatic carbocycles. The molecule has 0 N–H and O–H groups in total. The van der Waals surface area contributed by atoms with Gasteiger partial charge in [-0.2, -0.15) is 0 Å². The number of nitrogens with zero attached hydrogens (tertiary/aromatic N) is 2. The molecule has 0 atom stereocenters. The predicted octanol–water partition coefficient (Wildman–Crippen LogP) is 1.51. The van der Waals surface area contributed by atoms with Crippen LogP contribution in [0.1, 0.15) is 30.6 Å². The molecule has 0 aliphatic rings. The maximum Gasteiger partial charge on any atom is 0.325 e. The van der Waals surface area contributed by atoms with Crippen LogP contribution in [0, 0.1) is 0 Å². The number of esters is 1. The number of hydrogen-bond donors (Lipinski definition) is 0. The Morgan fingerprint density at radius 1 is 1.35 bits per heavy atom. The topological polar surface area (TPSA) is 68.7 Å². The number of ether oxygens (including phenoxy) is 2. The van der Waals surface area contributed by atoms with Crippen LogP contribution in [0.4, 0.5) is 0 Å². The van der Waals surface area contributed by atoms with Crippen molar-refractivity contribution < 1.29 is 19.1 Å². The van der Waals surface area contributed by atoms with E-state index in [0.717, 1.165) is 6.42 Å². The van der Waals surface area contributed by atoms with E-state index in [2.05, 4.69) is 4.98 Å². The molecular formula is C14H20N2O4. The Hall–Kier alpha value is -2.11. The summed E-state index contributed by atoms with van der Waals surface area (Å²) < 4.78 is 10.0. The van der Waals surface area contributed by atoms with Crippen LogP contribution < -0.4 is 4.74 Å². The number of hydrogen-bond acceptors (Lipinski definition) is 5. The van der Waals surface area contributed by atoms with Gasteiger partial charge < -0.3 is 14.4 Å². The lowest BCUT2D eigenvalue weighted by Gasteiger charge is -2.21. The summed E-state index contributed by atoms with van der Waals surface area (Å²) in [6.45, 7) is 4.38. The van der Waals surface area contributed by atoms with E-state index >= 15 is 0 Å². The molecular weight excluding hydrogens is 260 g/mol. The molecule has 110 valence electrons. The molecule has 1 aromatic heterocycles. The van der Waals surface area contributed by atoms with E-state index in [0.29, 0.717) is 24.5 Å². The normalized spacial score (nSPS) is 9.95. The van der Waals surface area contributed by atoms with Crippen molar-refractivity contribution in [2.24, 2.45) is 0 Å². The number of aromatic nitrogens is 1. The van der Waals surface area contributed by atoms with Crippen LogP contribution in [0.3, 0.4) is 0 Å². The van der Waals surface area contributed by atoms with Crippen LogP contribution in [0.25, 0.3) is 0 Å². The van der Waals surface area contributed by atoms with Crippen LogP contribution in [0.2, 0.25) is 0 Å². The molecule has 0 radical (unpaired) electrons. The third-order valence-electron chi connectivity index (χ3n) is 2.64. The maximum absolute atomic E-state index is 12.5. The summed E-state index contributed by atoms with van der Waals surface area (Å²) in [5, 5.41) is 0. The van der Waals surface area contributed by atoms with Crippen molar-refractivity contribution in [1.29, 1.82) is 0 Å². The zero-order chi connectivity index (χ0) is 15.0. The van der Waals surface area contributed by atoms with Crippen molar-refractivity contribution >= 4 is 11.9 Å². The fraction of sp³-hybridized carbons (Fsp3) is 0.500. The van der Waals surface area contributed by atoms with Crippen molar-refractivity contribution in [3.8, 4) is 5.75 Å². The Morgan fingerprint density at radius 2 is 2.10 bits per heavy atom. The molecule has 0 fully saturated rings. The molecule has 1 aromatic rings. The molecule has 20 heavy (non-hydrogen) atoms. The third kappa shape index (κ3) is 4.22. The maximum atomic E-state index is 12.5. The fourth-order valence-electron chi connectivity index (χ4n) is 1.77. The van der Waals surface area contributed by atoms with Crippen LogP contribution >= 0.6 is 0 Å². The highest BCUT2D eigenvalue weighted by Crippen LogP contribution is 2.18. The van der Waals surface area contributed by atoms with Crippen LogP contribution in [-0.2, 0) is 9.53 Å². The highest BCUT2D eigenvalue weighted by Gasteiger charge is 2.21. The van der Waals surface area contributed by atoms with E-state index in [9.17, 15) is 9.59 Å². The highest BCUT2D eigenvalue weighted by molar-refractivity contribution is 5.98.